The Hall–Kier alpha value is -2.32. The number of pyridine rings is 2. The first-order chi connectivity index (χ1) is 11.7. The fourth-order valence-corrected chi connectivity index (χ4v) is 2.87. The average molecular weight is 388 g/mol. The van der Waals surface area contributed by atoms with Crippen molar-refractivity contribution >= 4 is 33.2 Å². The van der Waals surface area contributed by atoms with E-state index < -0.39 is 0 Å². The molecule has 0 N–H and O–H groups in total. The summed E-state index contributed by atoms with van der Waals surface area (Å²) in [5, 5.41) is 8.65. The fourth-order valence-electron chi connectivity index (χ4n) is 2.64. The molecular formula is C16H14BrN5O2. The summed E-state index contributed by atoms with van der Waals surface area (Å²) in [6.45, 7) is 1.42. The number of halogens is 1. The normalized spacial score (nSPS) is 16.5. The summed E-state index contributed by atoms with van der Waals surface area (Å²) in [5.41, 5.74) is 3.35. The van der Waals surface area contributed by atoms with E-state index in [4.69, 9.17) is 9.47 Å². The zero-order valence-corrected chi connectivity index (χ0v) is 14.5. The molecule has 0 spiro atoms. The van der Waals surface area contributed by atoms with Gasteiger partial charge in [0.25, 0.3) is 0 Å². The van der Waals surface area contributed by atoms with Gasteiger partial charge in [-0.25, -0.2) is 4.98 Å². The first kappa shape index (κ1) is 15.2. The predicted molar refractivity (Wildman–Crippen MR) is 93.7 cm³/mol. The topological polar surface area (TPSA) is 72.2 Å². The molecule has 2 aromatic rings. The molecule has 24 heavy (non-hydrogen) atoms. The van der Waals surface area contributed by atoms with Gasteiger partial charge in [0.1, 0.15) is 5.69 Å². The van der Waals surface area contributed by atoms with Crippen molar-refractivity contribution in [1.82, 2.24) is 9.97 Å². The van der Waals surface area contributed by atoms with E-state index in [1.165, 1.54) is 0 Å². The quantitative estimate of drug-likeness (QED) is 0.790. The van der Waals surface area contributed by atoms with E-state index in [2.05, 4.69) is 41.0 Å². The van der Waals surface area contributed by atoms with Gasteiger partial charge in [-0.1, -0.05) is 0 Å². The van der Waals surface area contributed by atoms with Gasteiger partial charge in [0.05, 0.1) is 44.0 Å². The summed E-state index contributed by atoms with van der Waals surface area (Å²) >= 11 is 3.40. The van der Waals surface area contributed by atoms with Gasteiger partial charge in [0.15, 0.2) is 5.84 Å². The maximum atomic E-state index is 5.68. The molecule has 0 radical (unpaired) electrons. The number of rotatable bonds is 2. The van der Waals surface area contributed by atoms with Crippen molar-refractivity contribution in [2.24, 2.45) is 10.2 Å². The highest BCUT2D eigenvalue weighted by atomic mass is 79.9. The number of hydrogen-bond donors (Lipinski definition) is 0. The smallest absolute Gasteiger partial charge is 0.213 e. The molecule has 2 aliphatic rings. The second-order valence-corrected chi connectivity index (χ2v) is 6.27. The lowest BCUT2D eigenvalue weighted by Gasteiger charge is -2.31. The lowest BCUT2D eigenvalue weighted by Crippen LogP contribution is -2.42. The van der Waals surface area contributed by atoms with Crippen molar-refractivity contribution in [3.8, 4) is 5.88 Å². The SMILES string of the molecule is COc1ccc2c(n1)COCC1=NN=C(c3ccc(Br)cn3)N2C1. The largest absolute Gasteiger partial charge is 0.481 e. The van der Waals surface area contributed by atoms with Crippen molar-refractivity contribution in [3.05, 3.63) is 46.3 Å². The van der Waals surface area contributed by atoms with E-state index in [0.717, 1.165) is 27.3 Å². The zero-order chi connectivity index (χ0) is 16.5. The first-order valence-corrected chi connectivity index (χ1v) is 8.18. The molecule has 4 heterocycles. The van der Waals surface area contributed by atoms with Crippen LogP contribution in [-0.4, -0.2) is 41.8 Å². The molecule has 0 aliphatic carbocycles. The highest BCUT2D eigenvalue weighted by Crippen LogP contribution is 2.27. The van der Waals surface area contributed by atoms with Crippen LogP contribution in [0.5, 0.6) is 5.88 Å². The molecule has 2 aromatic heterocycles. The molecule has 0 unspecified atom stereocenters. The molecule has 0 saturated heterocycles. The second-order valence-electron chi connectivity index (χ2n) is 5.35. The van der Waals surface area contributed by atoms with E-state index in [9.17, 15) is 0 Å². The summed E-state index contributed by atoms with van der Waals surface area (Å²) < 4.78 is 11.8. The minimum Gasteiger partial charge on any atom is -0.481 e. The van der Waals surface area contributed by atoms with E-state index in [-0.39, 0.29) is 0 Å². The minimum atomic E-state index is 0.392. The third-order valence-corrected chi connectivity index (χ3v) is 4.24. The number of ether oxygens (including phenoxy) is 2. The van der Waals surface area contributed by atoms with Crippen LogP contribution < -0.4 is 9.64 Å². The number of hydrogen-bond acceptors (Lipinski definition) is 7. The average Bonchev–Trinajstić information content (AvgIpc) is 2.61. The molecule has 0 fully saturated rings. The van der Waals surface area contributed by atoms with Crippen molar-refractivity contribution in [2.45, 2.75) is 6.61 Å². The van der Waals surface area contributed by atoms with Gasteiger partial charge in [-0.2, -0.15) is 5.10 Å². The summed E-state index contributed by atoms with van der Waals surface area (Å²) in [6.07, 6.45) is 1.75. The van der Waals surface area contributed by atoms with Gasteiger partial charge in [0.2, 0.25) is 5.88 Å². The fraction of sp³-hybridized carbons (Fsp3) is 0.250. The molecular weight excluding hydrogens is 374 g/mol. The maximum absolute atomic E-state index is 5.68. The molecule has 2 bridgehead atoms. The van der Waals surface area contributed by atoms with Gasteiger partial charge < -0.3 is 14.4 Å². The number of methoxy groups -OCH3 is 1. The molecule has 0 saturated carbocycles. The highest BCUT2D eigenvalue weighted by molar-refractivity contribution is 9.10. The van der Waals surface area contributed by atoms with Crippen LogP contribution in [0.3, 0.4) is 0 Å². The zero-order valence-electron chi connectivity index (χ0n) is 12.9. The van der Waals surface area contributed by atoms with Gasteiger partial charge in [0, 0.05) is 16.7 Å². The van der Waals surface area contributed by atoms with Gasteiger partial charge in [-0.3, -0.25) is 4.98 Å². The maximum Gasteiger partial charge on any atom is 0.213 e. The van der Waals surface area contributed by atoms with Crippen LogP contribution in [0.2, 0.25) is 0 Å². The molecule has 0 aromatic carbocycles. The van der Waals surface area contributed by atoms with Crippen molar-refractivity contribution in [2.75, 3.05) is 25.2 Å². The molecule has 122 valence electrons. The van der Waals surface area contributed by atoms with E-state index in [0.29, 0.717) is 31.5 Å². The van der Waals surface area contributed by atoms with Gasteiger partial charge in [-0.05, 0) is 34.1 Å². The Balaban J connectivity index is 1.82. The summed E-state index contributed by atoms with van der Waals surface area (Å²) in [5.74, 6) is 1.26. The Labute approximate surface area is 147 Å². The Morgan fingerprint density at radius 1 is 1.17 bits per heavy atom. The van der Waals surface area contributed by atoms with Crippen molar-refractivity contribution < 1.29 is 9.47 Å². The molecule has 2 aliphatic heterocycles. The standard InChI is InChI=1S/C16H14BrN5O2/c1-23-15-5-4-14-13(19-15)9-24-8-11-7-22(14)16(21-20-11)12-3-2-10(17)6-18-12/h2-6H,7-9H2,1H3. The summed E-state index contributed by atoms with van der Waals surface area (Å²) in [7, 11) is 1.60. The summed E-state index contributed by atoms with van der Waals surface area (Å²) in [6, 6.07) is 7.64. The molecule has 4 rings (SSSR count). The van der Waals surface area contributed by atoms with Crippen molar-refractivity contribution in [1.29, 1.82) is 0 Å². The van der Waals surface area contributed by atoms with Crippen LogP contribution >= 0.6 is 15.9 Å². The highest BCUT2D eigenvalue weighted by Gasteiger charge is 2.27. The molecule has 7 nitrogen and oxygen atoms in total. The Kier molecular flexibility index (Phi) is 3.99. The number of amidine groups is 1. The van der Waals surface area contributed by atoms with Crippen LogP contribution in [0.4, 0.5) is 5.69 Å². The van der Waals surface area contributed by atoms with Crippen LogP contribution in [0.1, 0.15) is 11.4 Å². The number of fused-ring (bicyclic) bond motifs is 4. The van der Waals surface area contributed by atoms with Crippen molar-refractivity contribution in [3.63, 3.8) is 0 Å². The molecule has 0 amide bonds. The van der Waals surface area contributed by atoms with Gasteiger partial charge in [-0.15, -0.1) is 5.10 Å². The second kappa shape index (κ2) is 6.29. The number of anilines is 1. The molecule has 0 atom stereocenters. The number of nitrogens with zero attached hydrogens (tertiary/aromatic N) is 5. The lowest BCUT2D eigenvalue weighted by atomic mass is 10.2. The van der Waals surface area contributed by atoms with Crippen LogP contribution in [0.25, 0.3) is 0 Å². The third-order valence-electron chi connectivity index (χ3n) is 3.77. The number of aromatic nitrogens is 2. The Bertz CT molecular complexity index is 835. The third kappa shape index (κ3) is 2.78. The lowest BCUT2D eigenvalue weighted by molar-refractivity contribution is 0.152. The Morgan fingerprint density at radius 2 is 2.08 bits per heavy atom. The Morgan fingerprint density at radius 3 is 2.88 bits per heavy atom. The molecule has 8 heteroatoms. The van der Waals surface area contributed by atoms with Crippen LogP contribution in [-0.2, 0) is 11.3 Å². The monoisotopic (exact) mass is 387 g/mol. The first-order valence-electron chi connectivity index (χ1n) is 7.39. The predicted octanol–water partition coefficient (Wildman–Crippen LogP) is 2.40. The van der Waals surface area contributed by atoms with Crippen LogP contribution in [0.15, 0.2) is 45.1 Å². The van der Waals surface area contributed by atoms with Gasteiger partial charge >= 0.3 is 0 Å². The summed E-state index contributed by atoms with van der Waals surface area (Å²) in [4.78, 5) is 11.0. The van der Waals surface area contributed by atoms with E-state index in [1.807, 2.05) is 24.3 Å². The van der Waals surface area contributed by atoms with E-state index in [1.54, 1.807) is 13.3 Å². The van der Waals surface area contributed by atoms with E-state index >= 15 is 0 Å². The van der Waals surface area contributed by atoms with Crippen LogP contribution in [0, 0.1) is 0 Å². The minimum absolute atomic E-state index is 0.392.